The van der Waals surface area contributed by atoms with Gasteiger partial charge in [-0.05, 0) is 152 Å². The van der Waals surface area contributed by atoms with Crippen molar-refractivity contribution >= 4 is 45.3 Å². The predicted octanol–water partition coefficient (Wildman–Crippen LogP) is 18.1. The van der Waals surface area contributed by atoms with E-state index in [1.54, 1.807) is 0 Å². The summed E-state index contributed by atoms with van der Waals surface area (Å²) in [6.45, 7) is 54.4. The average Bonchev–Trinajstić information content (AvgIpc) is 2.18. The van der Waals surface area contributed by atoms with Crippen LogP contribution in [0.3, 0.4) is 0 Å². The lowest BCUT2D eigenvalue weighted by Crippen LogP contribution is -2.23. The molecule has 4 aromatic carbocycles. The zero-order valence-electron chi connectivity index (χ0n) is 55.2. The number of H-pyrrole nitrogens is 1. The molecule has 0 saturated carbocycles. The quantitative estimate of drug-likeness (QED) is 0.172. The van der Waals surface area contributed by atoms with Gasteiger partial charge in [-0.25, -0.2) is 15.0 Å². The van der Waals surface area contributed by atoms with Gasteiger partial charge in [-0.3, -0.25) is 5.41 Å². The van der Waals surface area contributed by atoms with E-state index in [9.17, 15) is 10.7 Å². The van der Waals surface area contributed by atoms with E-state index in [4.69, 9.17) is 15.0 Å². The number of fused-ring (bicyclic) bond motifs is 5. The van der Waals surface area contributed by atoms with Crippen LogP contribution < -0.4 is 10.7 Å². The molecule has 6 nitrogen and oxygen atoms in total. The van der Waals surface area contributed by atoms with E-state index in [0.717, 1.165) is 61.0 Å². The second-order valence-electron chi connectivity index (χ2n) is 32.2. The van der Waals surface area contributed by atoms with Crippen molar-refractivity contribution in [2.75, 3.05) is 0 Å². The second-order valence-corrected chi connectivity index (χ2v) is 32.2. The highest BCUT2D eigenvalue weighted by Gasteiger charge is 2.35. The van der Waals surface area contributed by atoms with Crippen LogP contribution in [-0.4, -0.2) is 28.0 Å². The lowest BCUT2D eigenvalue weighted by molar-refractivity contribution is 0.567. The van der Waals surface area contributed by atoms with E-state index in [1.807, 2.05) is 12.2 Å². The van der Waals surface area contributed by atoms with Crippen molar-refractivity contribution in [1.82, 2.24) is 4.98 Å². The monoisotopic (exact) mass is 1110 g/mol. The molecule has 84 heavy (non-hydrogen) atoms. The Morgan fingerprint density at radius 1 is 0.369 bits per heavy atom. The zero-order valence-corrected chi connectivity index (χ0v) is 55.2. The van der Waals surface area contributed by atoms with Gasteiger partial charge in [0.25, 0.3) is 0 Å². The minimum Gasteiger partial charge on any atom is -0.354 e. The van der Waals surface area contributed by atoms with Gasteiger partial charge in [-0.15, -0.1) is 0 Å². The molecule has 9 rings (SSSR count). The minimum atomic E-state index is -0.198. The number of allylic oxidation sites excluding steroid dienone is 9. The highest BCUT2D eigenvalue weighted by molar-refractivity contribution is 6.40. The first kappa shape index (κ1) is 61.1. The number of aromatic amines is 1. The van der Waals surface area contributed by atoms with Gasteiger partial charge in [-0.2, -0.15) is 5.26 Å². The fraction of sp³-hybridized carbons (Fsp3) is 0.410. The number of nitrogens with zero attached hydrogens (tertiary/aromatic N) is 4. The van der Waals surface area contributed by atoms with Crippen LogP contribution in [0.2, 0.25) is 0 Å². The summed E-state index contributed by atoms with van der Waals surface area (Å²) in [5.41, 5.74) is 20.3. The largest absolute Gasteiger partial charge is 0.354 e. The van der Waals surface area contributed by atoms with Crippen LogP contribution in [0, 0.1) is 16.7 Å². The smallest absolute Gasteiger partial charge is 0.102 e. The van der Waals surface area contributed by atoms with Crippen molar-refractivity contribution in [3.05, 3.63) is 215 Å². The van der Waals surface area contributed by atoms with E-state index >= 15 is 0 Å². The summed E-state index contributed by atoms with van der Waals surface area (Å²) in [5.74, 6) is 2.93. The molecular weight excluding hydrogens is 1020 g/mol. The maximum absolute atomic E-state index is 11.6. The van der Waals surface area contributed by atoms with Crippen LogP contribution in [0.4, 0.5) is 0 Å². The van der Waals surface area contributed by atoms with Crippen LogP contribution >= 0.6 is 0 Å². The number of nitriles is 1. The zero-order chi connectivity index (χ0) is 62.0. The lowest BCUT2D eigenvalue weighted by Gasteiger charge is -2.27. The predicted molar refractivity (Wildman–Crippen MR) is 359 cm³/mol. The normalized spacial score (nSPS) is 16.5. The first-order valence-electron chi connectivity index (χ1n) is 30.2. The maximum atomic E-state index is 11.6. The molecule has 434 valence electrons. The molecule has 4 aliphatic rings. The highest BCUT2D eigenvalue weighted by atomic mass is 14.9. The Bertz CT molecular complexity index is 3970. The van der Waals surface area contributed by atoms with Crippen molar-refractivity contribution in [3.63, 3.8) is 0 Å². The molecule has 0 aliphatic carbocycles. The summed E-state index contributed by atoms with van der Waals surface area (Å²) >= 11 is 0. The van der Waals surface area contributed by atoms with E-state index < -0.39 is 0 Å². The molecule has 6 heteroatoms. The third kappa shape index (κ3) is 12.1. The second kappa shape index (κ2) is 20.7. The first-order chi connectivity index (χ1) is 38.5. The first-order valence-corrected chi connectivity index (χ1v) is 30.2. The molecule has 5 aromatic rings. The number of hydrogen-bond acceptors (Lipinski definition) is 5. The van der Waals surface area contributed by atoms with Gasteiger partial charge in [0.15, 0.2) is 0 Å². The van der Waals surface area contributed by atoms with Crippen LogP contribution in [0.1, 0.15) is 233 Å². The molecule has 0 saturated heterocycles. The topological polar surface area (TPSA) is 101 Å². The Kier molecular flexibility index (Phi) is 15.0. The molecule has 5 heterocycles. The Labute approximate surface area is 503 Å². The fourth-order valence-electron chi connectivity index (χ4n) is 11.2. The third-order valence-corrected chi connectivity index (χ3v) is 17.0. The Morgan fingerprint density at radius 2 is 0.714 bits per heavy atom. The Morgan fingerprint density at radius 3 is 1.07 bits per heavy atom. The van der Waals surface area contributed by atoms with Crippen molar-refractivity contribution in [1.29, 1.82) is 10.7 Å². The molecule has 4 aliphatic heterocycles. The van der Waals surface area contributed by atoms with Crippen molar-refractivity contribution in [3.8, 4) is 6.07 Å². The number of aromatic nitrogens is 1. The lowest BCUT2D eigenvalue weighted by atomic mass is 9.78. The van der Waals surface area contributed by atoms with Gasteiger partial charge in [0.1, 0.15) is 6.07 Å². The number of hydrogen-bond donors (Lipinski definition) is 2. The van der Waals surface area contributed by atoms with Crippen LogP contribution in [-0.2, 0) is 43.3 Å². The van der Waals surface area contributed by atoms with Crippen molar-refractivity contribution < 1.29 is 0 Å². The summed E-state index contributed by atoms with van der Waals surface area (Å²) in [4.78, 5) is 21.4. The summed E-state index contributed by atoms with van der Waals surface area (Å²) in [7, 11) is 0. The third-order valence-electron chi connectivity index (χ3n) is 17.0. The van der Waals surface area contributed by atoms with Gasteiger partial charge in [0.05, 0.1) is 45.4 Å². The molecule has 0 fully saturated rings. The molecule has 0 amide bonds. The average molecular weight is 1110 g/mol. The molecule has 0 atom stereocenters. The van der Waals surface area contributed by atoms with Gasteiger partial charge in [0, 0.05) is 33.0 Å². The molecule has 0 unspecified atom stereocenters. The molecule has 0 spiro atoms. The Balaban J connectivity index is 1.57. The Hall–Kier alpha value is -7.45. The number of rotatable bonds is 4. The molecule has 2 N–H and O–H groups in total. The SMILES string of the molecule is CC(C)(C)c1cc(C2=C3C=C(C#N)C(=N3)C(c3cc(C(C)(C)C)cc(C(C)(C)C)c3)=c3ccc([nH]3)=C(c3cc(C(C)(C)C)cc(C(C)(C)C)c3)C3=CC(=C=N)C(=N3)C(c3cc(C(C)(C)C)cc(C(C)(C)C)c3)=C3C=CC2=N3)cc(C(C)(C)C)c1. The number of aliphatic imine (C=N–C) groups is 3. The van der Waals surface area contributed by atoms with E-state index in [2.05, 4.69) is 280 Å². The number of benzene rings is 4. The van der Waals surface area contributed by atoms with Crippen molar-refractivity contribution in [2.24, 2.45) is 15.0 Å². The van der Waals surface area contributed by atoms with E-state index in [1.165, 1.54) is 44.5 Å². The van der Waals surface area contributed by atoms with Crippen molar-refractivity contribution in [2.45, 2.75) is 209 Å². The molecule has 1 aromatic heterocycles. The van der Waals surface area contributed by atoms with Gasteiger partial charge in [-0.1, -0.05) is 239 Å². The van der Waals surface area contributed by atoms with Gasteiger partial charge in [0.2, 0.25) is 0 Å². The summed E-state index contributed by atoms with van der Waals surface area (Å²) in [6, 6.07) is 34.9. The molecule has 8 bridgehead atoms. The van der Waals surface area contributed by atoms with Crippen LogP contribution in [0.25, 0.3) is 22.3 Å². The molecular formula is C78H92N6. The molecule has 0 radical (unpaired) electrons. The van der Waals surface area contributed by atoms with E-state index in [0.29, 0.717) is 39.7 Å². The minimum absolute atomic E-state index is 0.184. The number of nitrogens with one attached hydrogen (secondary N) is 2. The van der Waals surface area contributed by atoms with Crippen LogP contribution in [0.5, 0.6) is 0 Å². The fourth-order valence-corrected chi connectivity index (χ4v) is 11.2. The maximum Gasteiger partial charge on any atom is 0.102 e. The van der Waals surface area contributed by atoms with Crippen LogP contribution in [0.15, 0.2) is 152 Å². The summed E-state index contributed by atoms with van der Waals surface area (Å²) < 4.78 is 0. The highest BCUT2D eigenvalue weighted by Crippen LogP contribution is 2.44. The standard InChI is InChI=1S/C78H92N6/c1-71(2,3)51-29-45(30-52(39-51)72(4,5)6)65-59-25-27-61(81-59)67(47-33-55(75(13,14)15)41-56(34-47)76(16,17)18)70-50(44-80)38-64(84-70)66(46-31-53(73(7,8)9)40-54(32-46)74(10,11)12)60-26-28-62(82-60)68(69-49(43-79)37-63(65)83-69)48-35-57(77(19,20)21)42-58(36-48)78(22,23)24/h25-42,79,81H,1-24H3. The van der Waals surface area contributed by atoms with Gasteiger partial charge < -0.3 is 4.98 Å². The summed E-state index contributed by atoms with van der Waals surface area (Å²) in [5, 5.41) is 22.5. The van der Waals surface area contributed by atoms with Gasteiger partial charge >= 0.3 is 0 Å². The van der Waals surface area contributed by atoms with E-state index in [-0.39, 0.29) is 43.3 Å². The summed E-state index contributed by atoms with van der Waals surface area (Å²) in [6.07, 6.45) is 8.27.